The van der Waals surface area contributed by atoms with Crippen LogP contribution in [0.25, 0.3) is 0 Å². The molecule has 78 valence electrons. The maximum Gasteiger partial charge on any atom is 0.333 e. The van der Waals surface area contributed by atoms with Gasteiger partial charge in [0.1, 0.15) is 0 Å². The zero-order valence-corrected chi connectivity index (χ0v) is 9.30. The number of nitrogens with zero attached hydrogens (tertiary/aromatic N) is 1. The van der Waals surface area contributed by atoms with Gasteiger partial charge in [-0.2, -0.15) is 0 Å². The summed E-state index contributed by atoms with van der Waals surface area (Å²) < 4.78 is 0. The van der Waals surface area contributed by atoms with E-state index in [9.17, 15) is 4.79 Å². The van der Waals surface area contributed by atoms with Crippen LogP contribution in [0.3, 0.4) is 0 Å². The van der Waals surface area contributed by atoms with Crippen molar-refractivity contribution in [3.05, 3.63) is 22.9 Å². The lowest BCUT2D eigenvalue weighted by Gasteiger charge is -2.36. The van der Waals surface area contributed by atoms with Gasteiger partial charge >= 0.3 is 5.97 Å². The summed E-state index contributed by atoms with van der Waals surface area (Å²) in [5.41, 5.74) is 0.210. The van der Waals surface area contributed by atoms with Crippen molar-refractivity contribution >= 4 is 17.6 Å². The van der Waals surface area contributed by atoms with E-state index in [-0.39, 0.29) is 5.54 Å². The second kappa shape index (κ2) is 3.65. The molecule has 1 aliphatic rings. The molecule has 1 heterocycles. The Morgan fingerprint density at radius 3 is 2.57 bits per heavy atom. The van der Waals surface area contributed by atoms with Crippen molar-refractivity contribution < 1.29 is 9.90 Å². The Morgan fingerprint density at radius 1 is 1.57 bits per heavy atom. The van der Waals surface area contributed by atoms with E-state index in [2.05, 4.69) is 0 Å². The molecule has 0 atom stereocenters. The third kappa shape index (κ3) is 2.51. The predicted octanol–water partition coefficient (Wildman–Crippen LogP) is 2.19. The molecule has 14 heavy (non-hydrogen) atoms. The second-order valence-electron chi connectivity index (χ2n) is 4.29. The normalized spacial score (nSPS) is 17.6. The number of allylic oxidation sites excluding steroid dienone is 2. The molecule has 0 radical (unpaired) electrons. The molecule has 0 spiro atoms. The average Bonchev–Trinajstić information content (AvgIpc) is 2.01. The summed E-state index contributed by atoms with van der Waals surface area (Å²) in [6, 6.07) is 0. The van der Waals surface area contributed by atoms with Gasteiger partial charge < -0.3 is 10.0 Å². The lowest BCUT2D eigenvalue weighted by molar-refractivity contribution is -0.133. The number of hydrogen-bond donors (Lipinski definition) is 1. The molecule has 0 fully saturated rings. The first-order valence-corrected chi connectivity index (χ1v) is 4.76. The monoisotopic (exact) mass is 215 g/mol. The van der Waals surface area contributed by atoms with Crippen LogP contribution >= 0.6 is 11.6 Å². The molecule has 0 aromatic heterocycles. The molecule has 4 heteroatoms. The number of rotatable bonds is 1. The molecule has 3 nitrogen and oxygen atoms in total. The maximum atomic E-state index is 10.8. The van der Waals surface area contributed by atoms with Gasteiger partial charge in [-0.1, -0.05) is 11.6 Å². The van der Waals surface area contributed by atoms with Crippen molar-refractivity contribution in [2.45, 2.75) is 26.3 Å². The van der Waals surface area contributed by atoms with E-state index in [0.29, 0.717) is 17.2 Å². The summed E-state index contributed by atoms with van der Waals surface area (Å²) >= 11 is 5.84. The van der Waals surface area contributed by atoms with Crippen molar-refractivity contribution in [1.82, 2.24) is 4.90 Å². The number of carbonyl (C=O) groups is 1. The topological polar surface area (TPSA) is 40.5 Å². The van der Waals surface area contributed by atoms with Gasteiger partial charge in [-0.15, -0.1) is 0 Å². The van der Waals surface area contributed by atoms with Crippen LogP contribution < -0.4 is 0 Å². The van der Waals surface area contributed by atoms with Gasteiger partial charge in [0, 0.05) is 11.7 Å². The maximum absolute atomic E-state index is 10.8. The summed E-state index contributed by atoms with van der Waals surface area (Å²) in [6.45, 7) is 6.43. The number of halogens is 1. The van der Waals surface area contributed by atoms with Crippen molar-refractivity contribution in [1.29, 1.82) is 0 Å². The summed E-state index contributed by atoms with van der Waals surface area (Å²) in [5, 5.41) is 9.32. The van der Waals surface area contributed by atoms with Crippen LogP contribution in [0.1, 0.15) is 20.8 Å². The molecule has 1 rings (SSSR count). The van der Waals surface area contributed by atoms with Gasteiger partial charge in [0.15, 0.2) is 0 Å². The van der Waals surface area contributed by atoms with Crippen LogP contribution in [0.15, 0.2) is 22.9 Å². The molecule has 0 aliphatic carbocycles. The standard InChI is InChI=1S/C10H14ClNO2/c1-10(2,3)12-5-7(9(13)14)4-8(11)6-12/h4,6H,5H2,1-3H3,(H,13,14). The fourth-order valence-electron chi connectivity index (χ4n) is 1.19. The van der Waals surface area contributed by atoms with Gasteiger partial charge in [-0.3, -0.25) is 0 Å². The van der Waals surface area contributed by atoms with Gasteiger partial charge in [0.05, 0.1) is 17.2 Å². The highest BCUT2D eigenvalue weighted by atomic mass is 35.5. The van der Waals surface area contributed by atoms with Crippen LogP contribution in [0.4, 0.5) is 0 Å². The van der Waals surface area contributed by atoms with E-state index in [4.69, 9.17) is 16.7 Å². The van der Waals surface area contributed by atoms with E-state index in [1.807, 2.05) is 25.7 Å². The second-order valence-corrected chi connectivity index (χ2v) is 4.72. The van der Waals surface area contributed by atoms with Crippen LogP contribution in [0.5, 0.6) is 0 Å². The first-order chi connectivity index (χ1) is 6.30. The quantitative estimate of drug-likeness (QED) is 0.729. The fraction of sp³-hybridized carbons (Fsp3) is 0.500. The molecular weight excluding hydrogens is 202 g/mol. The molecule has 1 N–H and O–H groups in total. The largest absolute Gasteiger partial charge is 0.478 e. The van der Waals surface area contributed by atoms with Gasteiger partial charge in [0.2, 0.25) is 0 Å². The fourth-order valence-corrected chi connectivity index (χ4v) is 1.44. The molecule has 0 unspecified atom stereocenters. The number of carboxylic acid groups (broad SMARTS) is 1. The van der Waals surface area contributed by atoms with Gasteiger partial charge in [-0.05, 0) is 26.8 Å². The zero-order valence-electron chi connectivity index (χ0n) is 8.54. The smallest absolute Gasteiger partial charge is 0.333 e. The molecule has 0 saturated heterocycles. The van der Waals surface area contributed by atoms with Gasteiger partial charge in [0.25, 0.3) is 0 Å². The van der Waals surface area contributed by atoms with E-state index in [1.165, 1.54) is 6.08 Å². The average molecular weight is 216 g/mol. The van der Waals surface area contributed by atoms with Crippen molar-refractivity contribution in [3.63, 3.8) is 0 Å². The van der Waals surface area contributed by atoms with Crippen LogP contribution in [-0.2, 0) is 4.79 Å². The Hall–Kier alpha value is -0.960. The lowest BCUT2D eigenvalue weighted by atomic mass is 10.0. The third-order valence-corrected chi connectivity index (χ3v) is 2.28. The van der Waals surface area contributed by atoms with E-state index in [1.54, 1.807) is 6.20 Å². The van der Waals surface area contributed by atoms with E-state index < -0.39 is 5.97 Å². The van der Waals surface area contributed by atoms with Crippen LogP contribution in [0.2, 0.25) is 0 Å². The Morgan fingerprint density at radius 2 is 2.14 bits per heavy atom. The van der Waals surface area contributed by atoms with Crippen LogP contribution in [0, 0.1) is 0 Å². The minimum Gasteiger partial charge on any atom is -0.478 e. The minimum atomic E-state index is -0.912. The lowest BCUT2D eigenvalue weighted by Crippen LogP contribution is -2.40. The Labute approximate surface area is 88.7 Å². The molecule has 0 amide bonds. The van der Waals surface area contributed by atoms with Crippen molar-refractivity contribution in [2.75, 3.05) is 6.54 Å². The third-order valence-electron chi connectivity index (χ3n) is 2.07. The number of carboxylic acids is 1. The predicted molar refractivity (Wildman–Crippen MR) is 56.1 cm³/mol. The summed E-state index contributed by atoms with van der Waals surface area (Å²) in [6.07, 6.45) is 3.26. The Balaban J connectivity index is 2.92. The molecule has 0 saturated carbocycles. The Kier molecular flexibility index (Phi) is 2.90. The first-order valence-electron chi connectivity index (χ1n) is 4.38. The number of aliphatic carboxylic acids is 1. The van der Waals surface area contributed by atoms with E-state index >= 15 is 0 Å². The van der Waals surface area contributed by atoms with Crippen molar-refractivity contribution in [3.8, 4) is 0 Å². The van der Waals surface area contributed by atoms with Gasteiger partial charge in [-0.25, -0.2) is 4.79 Å². The summed E-state index contributed by atoms with van der Waals surface area (Å²) in [5.74, 6) is -0.912. The first kappa shape index (κ1) is 11.1. The summed E-state index contributed by atoms with van der Waals surface area (Å²) in [4.78, 5) is 12.7. The molecule has 0 aromatic rings. The number of hydrogen-bond acceptors (Lipinski definition) is 2. The van der Waals surface area contributed by atoms with E-state index in [0.717, 1.165) is 0 Å². The van der Waals surface area contributed by atoms with Crippen LogP contribution in [-0.4, -0.2) is 28.1 Å². The highest BCUT2D eigenvalue weighted by Gasteiger charge is 2.24. The molecule has 0 aromatic carbocycles. The highest BCUT2D eigenvalue weighted by Crippen LogP contribution is 2.23. The van der Waals surface area contributed by atoms with Crippen molar-refractivity contribution in [2.24, 2.45) is 0 Å². The molecule has 0 bridgehead atoms. The summed E-state index contributed by atoms with van der Waals surface area (Å²) in [7, 11) is 0. The molecule has 1 aliphatic heterocycles. The molecular formula is C10H14ClNO2. The Bertz CT molecular complexity index is 313. The highest BCUT2D eigenvalue weighted by molar-refractivity contribution is 6.31. The minimum absolute atomic E-state index is 0.116. The SMILES string of the molecule is CC(C)(C)N1C=C(Cl)C=C(C(=O)O)C1. The zero-order chi connectivity index (χ0) is 10.9.